The minimum absolute atomic E-state index is 0. The predicted molar refractivity (Wildman–Crippen MR) is 77.6 cm³/mol. The maximum atomic E-state index is 13.3. The topological polar surface area (TPSA) is 33.3 Å². The Hall–Kier alpha value is -0.840. The Morgan fingerprint density at radius 2 is 2.26 bits per heavy atom. The maximum absolute atomic E-state index is 13.3. The highest BCUT2D eigenvalue weighted by molar-refractivity contribution is 5.85. The van der Waals surface area contributed by atoms with Crippen LogP contribution in [0.4, 0.5) is 4.39 Å². The van der Waals surface area contributed by atoms with E-state index in [1.54, 1.807) is 19.2 Å². The van der Waals surface area contributed by atoms with Gasteiger partial charge in [-0.2, -0.15) is 0 Å². The summed E-state index contributed by atoms with van der Waals surface area (Å²) >= 11 is 0. The number of hydrogen-bond acceptors (Lipinski definition) is 3. The van der Waals surface area contributed by atoms with Gasteiger partial charge in [0.2, 0.25) is 0 Å². The molecule has 1 aliphatic rings. The fraction of sp³-hybridized carbons (Fsp3) is 0.571. The summed E-state index contributed by atoms with van der Waals surface area (Å²) in [5, 5.41) is 6.89. The van der Waals surface area contributed by atoms with Crippen LogP contribution in [0, 0.1) is 5.82 Å². The molecule has 19 heavy (non-hydrogen) atoms. The van der Waals surface area contributed by atoms with Crippen molar-refractivity contribution in [2.24, 2.45) is 0 Å². The largest absolute Gasteiger partial charge is 0.496 e. The highest BCUT2D eigenvalue weighted by atomic mass is 35.5. The first kappa shape index (κ1) is 16.2. The van der Waals surface area contributed by atoms with E-state index in [9.17, 15) is 4.39 Å². The van der Waals surface area contributed by atoms with Crippen LogP contribution >= 0.6 is 12.4 Å². The molecule has 108 valence electrons. The van der Waals surface area contributed by atoms with E-state index in [-0.39, 0.29) is 24.3 Å². The molecule has 0 aliphatic carbocycles. The van der Waals surface area contributed by atoms with Crippen LogP contribution in [-0.4, -0.2) is 26.2 Å². The lowest BCUT2D eigenvalue weighted by atomic mass is 10.0. The number of nitrogens with one attached hydrogen (secondary N) is 2. The number of piperidine rings is 1. The van der Waals surface area contributed by atoms with Crippen LogP contribution in [0.5, 0.6) is 5.75 Å². The molecule has 5 heteroatoms. The molecule has 2 N–H and O–H groups in total. The van der Waals surface area contributed by atoms with Crippen LogP contribution < -0.4 is 15.4 Å². The van der Waals surface area contributed by atoms with Crippen molar-refractivity contribution in [3.8, 4) is 5.75 Å². The second kappa shape index (κ2) is 7.68. The number of methoxy groups -OCH3 is 1. The second-order valence-electron chi connectivity index (χ2n) is 4.82. The average Bonchev–Trinajstić information content (AvgIpc) is 2.40. The molecular weight excluding hydrogens is 267 g/mol. The van der Waals surface area contributed by atoms with Gasteiger partial charge in [-0.1, -0.05) is 0 Å². The highest BCUT2D eigenvalue weighted by Gasteiger charge is 2.18. The third-order valence-electron chi connectivity index (χ3n) is 3.44. The molecule has 2 unspecified atom stereocenters. The fourth-order valence-corrected chi connectivity index (χ4v) is 2.48. The smallest absolute Gasteiger partial charge is 0.123 e. The standard InChI is InChI=1S/C14H21FN2O.ClH/c1-10(17-12-4-3-7-16-9-12)13-8-11(15)5-6-14(13)18-2;/h5-6,8,10,12,16-17H,3-4,7,9H2,1-2H3;1H. The molecule has 0 bridgehead atoms. The lowest BCUT2D eigenvalue weighted by molar-refractivity contribution is 0.351. The molecule has 0 saturated carbocycles. The summed E-state index contributed by atoms with van der Waals surface area (Å²) in [6.07, 6.45) is 2.35. The zero-order chi connectivity index (χ0) is 13.0. The minimum atomic E-state index is -0.221. The van der Waals surface area contributed by atoms with E-state index in [4.69, 9.17) is 4.74 Å². The lowest BCUT2D eigenvalue weighted by Crippen LogP contribution is -2.44. The molecule has 0 aromatic heterocycles. The van der Waals surface area contributed by atoms with E-state index in [0.717, 1.165) is 30.8 Å². The van der Waals surface area contributed by atoms with Crippen molar-refractivity contribution in [2.45, 2.75) is 31.8 Å². The molecule has 1 heterocycles. The summed E-state index contributed by atoms with van der Waals surface area (Å²) in [6, 6.07) is 5.19. The monoisotopic (exact) mass is 288 g/mol. The Bertz CT molecular complexity index is 397. The van der Waals surface area contributed by atoms with Gasteiger partial charge in [0.25, 0.3) is 0 Å². The molecule has 0 radical (unpaired) electrons. The van der Waals surface area contributed by atoms with E-state index in [1.807, 2.05) is 6.92 Å². The third kappa shape index (κ3) is 4.34. The molecule has 1 aromatic carbocycles. The van der Waals surface area contributed by atoms with E-state index in [2.05, 4.69) is 10.6 Å². The minimum Gasteiger partial charge on any atom is -0.496 e. The zero-order valence-corrected chi connectivity index (χ0v) is 12.2. The Morgan fingerprint density at radius 3 is 2.89 bits per heavy atom. The van der Waals surface area contributed by atoms with Gasteiger partial charge in [0.1, 0.15) is 11.6 Å². The average molecular weight is 289 g/mol. The van der Waals surface area contributed by atoms with Gasteiger partial charge in [-0.3, -0.25) is 0 Å². The second-order valence-corrected chi connectivity index (χ2v) is 4.82. The van der Waals surface area contributed by atoms with Crippen molar-refractivity contribution in [3.63, 3.8) is 0 Å². The van der Waals surface area contributed by atoms with Gasteiger partial charge in [-0.25, -0.2) is 4.39 Å². The van der Waals surface area contributed by atoms with Crippen molar-refractivity contribution in [1.82, 2.24) is 10.6 Å². The van der Waals surface area contributed by atoms with Crippen molar-refractivity contribution >= 4 is 12.4 Å². The molecule has 1 aliphatic heterocycles. The van der Waals surface area contributed by atoms with Crippen LogP contribution in [0.3, 0.4) is 0 Å². The maximum Gasteiger partial charge on any atom is 0.123 e. The lowest BCUT2D eigenvalue weighted by Gasteiger charge is -2.28. The Balaban J connectivity index is 0.00000180. The Kier molecular flexibility index (Phi) is 6.55. The summed E-state index contributed by atoms with van der Waals surface area (Å²) in [5.41, 5.74) is 0.878. The summed E-state index contributed by atoms with van der Waals surface area (Å²) in [4.78, 5) is 0. The normalized spacial score (nSPS) is 20.5. The van der Waals surface area contributed by atoms with Crippen LogP contribution in [0.15, 0.2) is 18.2 Å². The summed E-state index contributed by atoms with van der Waals surface area (Å²) in [6.45, 7) is 4.11. The van der Waals surface area contributed by atoms with Gasteiger partial charge in [0, 0.05) is 24.2 Å². The van der Waals surface area contributed by atoms with Crippen LogP contribution in [0.1, 0.15) is 31.4 Å². The third-order valence-corrected chi connectivity index (χ3v) is 3.44. The van der Waals surface area contributed by atoms with Gasteiger partial charge in [0.15, 0.2) is 0 Å². The molecule has 1 fully saturated rings. The summed E-state index contributed by atoms with van der Waals surface area (Å²) in [5.74, 6) is 0.515. The van der Waals surface area contributed by atoms with Crippen molar-refractivity contribution in [1.29, 1.82) is 0 Å². The van der Waals surface area contributed by atoms with E-state index < -0.39 is 0 Å². The Morgan fingerprint density at radius 1 is 1.47 bits per heavy atom. The first-order chi connectivity index (χ1) is 8.70. The van der Waals surface area contributed by atoms with Gasteiger partial charge in [-0.05, 0) is 44.5 Å². The Labute approximate surface area is 120 Å². The number of hydrogen-bond donors (Lipinski definition) is 2. The van der Waals surface area contributed by atoms with Gasteiger partial charge >= 0.3 is 0 Å². The molecular formula is C14H22ClFN2O. The van der Waals surface area contributed by atoms with Crippen molar-refractivity contribution in [3.05, 3.63) is 29.6 Å². The van der Waals surface area contributed by atoms with E-state index in [1.165, 1.54) is 12.5 Å². The van der Waals surface area contributed by atoms with Crippen LogP contribution in [0.2, 0.25) is 0 Å². The molecule has 2 rings (SSSR count). The first-order valence-corrected chi connectivity index (χ1v) is 6.51. The first-order valence-electron chi connectivity index (χ1n) is 6.51. The highest BCUT2D eigenvalue weighted by Crippen LogP contribution is 2.26. The van der Waals surface area contributed by atoms with Gasteiger partial charge in [-0.15, -0.1) is 12.4 Å². The van der Waals surface area contributed by atoms with E-state index >= 15 is 0 Å². The molecule has 3 nitrogen and oxygen atoms in total. The number of ether oxygens (including phenoxy) is 1. The molecule has 0 spiro atoms. The van der Waals surface area contributed by atoms with Crippen LogP contribution in [-0.2, 0) is 0 Å². The number of halogens is 2. The predicted octanol–water partition coefficient (Wildman–Crippen LogP) is 2.66. The van der Waals surface area contributed by atoms with Crippen molar-refractivity contribution < 1.29 is 9.13 Å². The molecule has 0 amide bonds. The van der Waals surface area contributed by atoms with Crippen molar-refractivity contribution in [2.75, 3.05) is 20.2 Å². The molecule has 2 atom stereocenters. The van der Waals surface area contributed by atoms with Gasteiger partial charge < -0.3 is 15.4 Å². The zero-order valence-electron chi connectivity index (χ0n) is 11.4. The van der Waals surface area contributed by atoms with Crippen LogP contribution in [0.25, 0.3) is 0 Å². The number of rotatable bonds is 4. The fourth-order valence-electron chi connectivity index (χ4n) is 2.48. The summed E-state index contributed by atoms with van der Waals surface area (Å²) < 4.78 is 18.6. The quantitative estimate of drug-likeness (QED) is 0.894. The SMILES string of the molecule is COc1ccc(F)cc1C(C)NC1CCCNC1.Cl. The van der Waals surface area contributed by atoms with E-state index in [0.29, 0.717) is 6.04 Å². The molecule has 1 saturated heterocycles. The van der Waals surface area contributed by atoms with Gasteiger partial charge in [0.05, 0.1) is 7.11 Å². The summed E-state index contributed by atoms with van der Waals surface area (Å²) in [7, 11) is 1.62. The molecule has 1 aromatic rings. The number of benzene rings is 1.